The molecule has 27 heavy (non-hydrogen) atoms. The number of benzene rings is 1. The normalized spacial score (nSPS) is 11.8. The Balaban J connectivity index is 1.55. The number of nitrogens with one attached hydrogen (secondary N) is 1. The van der Waals surface area contributed by atoms with Gasteiger partial charge < -0.3 is 10.1 Å². The molecule has 0 aliphatic carbocycles. The van der Waals surface area contributed by atoms with Crippen LogP contribution in [0.3, 0.4) is 0 Å². The van der Waals surface area contributed by atoms with Gasteiger partial charge in [-0.05, 0) is 49.1 Å². The van der Waals surface area contributed by atoms with Crippen LogP contribution in [-0.4, -0.2) is 28.3 Å². The number of carbonyl (C=O) groups is 1. The summed E-state index contributed by atoms with van der Waals surface area (Å²) in [4.78, 5) is 25.2. The molecule has 2 heterocycles. The van der Waals surface area contributed by atoms with Crippen LogP contribution in [0.5, 0.6) is 5.75 Å². The van der Waals surface area contributed by atoms with Gasteiger partial charge in [-0.2, -0.15) is 5.10 Å². The van der Waals surface area contributed by atoms with E-state index in [1.807, 2.05) is 48.7 Å². The second-order valence-electron chi connectivity index (χ2n) is 6.12. The number of hydrogen-bond acceptors (Lipinski definition) is 5. The molecule has 6 nitrogen and oxygen atoms in total. The number of thiophene rings is 1. The first-order valence-corrected chi connectivity index (χ1v) is 9.54. The van der Waals surface area contributed by atoms with Crippen LogP contribution < -0.4 is 15.6 Å². The van der Waals surface area contributed by atoms with Crippen molar-refractivity contribution in [1.29, 1.82) is 0 Å². The monoisotopic (exact) mass is 383 g/mol. The van der Waals surface area contributed by atoms with Crippen LogP contribution in [0, 0.1) is 6.92 Å². The fraction of sp³-hybridized carbons (Fsp3) is 0.250. The first-order chi connectivity index (χ1) is 13.0. The van der Waals surface area contributed by atoms with Gasteiger partial charge in [0, 0.05) is 12.6 Å². The Morgan fingerprint density at radius 3 is 2.85 bits per heavy atom. The molecular weight excluding hydrogens is 362 g/mol. The van der Waals surface area contributed by atoms with Crippen molar-refractivity contribution in [1.82, 2.24) is 15.1 Å². The number of ether oxygens (including phenoxy) is 1. The number of carbonyl (C=O) groups excluding carboxylic acids is 1. The molecule has 1 N–H and O–H groups in total. The highest BCUT2D eigenvalue weighted by atomic mass is 32.1. The molecule has 140 valence electrons. The molecule has 0 spiro atoms. The third-order valence-electron chi connectivity index (χ3n) is 3.93. The molecule has 0 saturated carbocycles. The summed E-state index contributed by atoms with van der Waals surface area (Å²) >= 11 is 1.56. The SMILES string of the molecule is Cc1cccc(OC(C)C(=O)NCCn2nc(-c3cccs3)ccc2=O)c1. The average molecular weight is 383 g/mol. The van der Waals surface area contributed by atoms with E-state index in [0.29, 0.717) is 18.8 Å². The van der Waals surface area contributed by atoms with Crippen molar-refractivity contribution >= 4 is 17.2 Å². The van der Waals surface area contributed by atoms with Gasteiger partial charge in [0.2, 0.25) is 0 Å². The molecule has 1 aromatic carbocycles. The highest BCUT2D eigenvalue weighted by Crippen LogP contribution is 2.21. The molecule has 7 heteroatoms. The Morgan fingerprint density at radius 2 is 2.11 bits per heavy atom. The Kier molecular flexibility index (Phi) is 6.03. The van der Waals surface area contributed by atoms with E-state index in [1.54, 1.807) is 24.3 Å². The fourth-order valence-corrected chi connectivity index (χ4v) is 3.23. The van der Waals surface area contributed by atoms with E-state index < -0.39 is 6.10 Å². The third kappa shape index (κ3) is 5.04. The van der Waals surface area contributed by atoms with Crippen molar-refractivity contribution in [2.24, 2.45) is 0 Å². The molecule has 1 amide bonds. The lowest BCUT2D eigenvalue weighted by atomic mass is 10.2. The first kappa shape index (κ1) is 18.8. The maximum atomic E-state index is 12.2. The standard InChI is InChI=1S/C20H21N3O3S/c1-14-5-3-6-16(13-14)26-15(2)20(25)21-10-11-23-19(24)9-8-17(22-23)18-7-4-12-27-18/h3-9,12-13,15H,10-11H2,1-2H3,(H,21,25). The number of amides is 1. The smallest absolute Gasteiger partial charge is 0.266 e. The summed E-state index contributed by atoms with van der Waals surface area (Å²) in [5, 5.41) is 9.11. The minimum atomic E-state index is -0.631. The lowest BCUT2D eigenvalue weighted by molar-refractivity contribution is -0.127. The third-order valence-corrected chi connectivity index (χ3v) is 4.83. The van der Waals surface area contributed by atoms with Crippen molar-refractivity contribution in [3.8, 4) is 16.3 Å². The van der Waals surface area contributed by atoms with Gasteiger partial charge in [0.05, 0.1) is 11.4 Å². The maximum absolute atomic E-state index is 12.2. The molecule has 1 atom stereocenters. The Hall–Kier alpha value is -2.93. The lowest BCUT2D eigenvalue weighted by Crippen LogP contribution is -2.39. The largest absolute Gasteiger partial charge is 0.481 e. The second-order valence-corrected chi connectivity index (χ2v) is 7.07. The zero-order chi connectivity index (χ0) is 19.2. The Morgan fingerprint density at radius 1 is 1.26 bits per heavy atom. The zero-order valence-electron chi connectivity index (χ0n) is 15.2. The number of nitrogens with zero attached hydrogens (tertiary/aromatic N) is 2. The number of aryl methyl sites for hydroxylation is 1. The molecule has 0 bridgehead atoms. The number of aromatic nitrogens is 2. The van der Waals surface area contributed by atoms with E-state index in [2.05, 4.69) is 10.4 Å². The molecule has 0 saturated heterocycles. The van der Waals surface area contributed by atoms with E-state index >= 15 is 0 Å². The van der Waals surface area contributed by atoms with Crippen LogP contribution in [0.2, 0.25) is 0 Å². The quantitative estimate of drug-likeness (QED) is 0.681. The summed E-state index contributed by atoms with van der Waals surface area (Å²) in [6, 6.07) is 14.6. The van der Waals surface area contributed by atoms with Crippen LogP contribution in [-0.2, 0) is 11.3 Å². The van der Waals surface area contributed by atoms with Crippen molar-refractivity contribution in [3.05, 3.63) is 69.8 Å². The zero-order valence-corrected chi connectivity index (χ0v) is 16.0. The maximum Gasteiger partial charge on any atom is 0.266 e. The first-order valence-electron chi connectivity index (χ1n) is 8.66. The summed E-state index contributed by atoms with van der Waals surface area (Å²) in [6.45, 7) is 4.24. The molecule has 1 unspecified atom stereocenters. The highest BCUT2D eigenvalue weighted by Gasteiger charge is 2.14. The lowest BCUT2D eigenvalue weighted by Gasteiger charge is -2.15. The molecule has 0 fully saturated rings. The molecular formula is C20H21N3O3S. The molecule has 0 aliphatic rings. The average Bonchev–Trinajstić information content (AvgIpc) is 3.18. The molecule has 0 radical (unpaired) electrons. The predicted octanol–water partition coefficient (Wildman–Crippen LogP) is 2.86. The number of rotatable bonds is 7. The Bertz CT molecular complexity index is 967. The summed E-state index contributed by atoms with van der Waals surface area (Å²) in [5.74, 6) is 0.415. The van der Waals surface area contributed by atoms with Gasteiger partial charge in [-0.3, -0.25) is 9.59 Å². The van der Waals surface area contributed by atoms with E-state index in [-0.39, 0.29) is 11.5 Å². The van der Waals surface area contributed by atoms with E-state index in [1.165, 1.54) is 10.7 Å². The highest BCUT2D eigenvalue weighted by molar-refractivity contribution is 7.13. The van der Waals surface area contributed by atoms with Gasteiger partial charge >= 0.3 is 0 Å². The summed E-state index contributed by atoms with van der Waals surface area (Å²) in [6.07, 6.45) is -0.631. The second kappa shape index (κ2) is 8.64. The van der Waals surface area contributed by atoms with Crippen molar-refractivity contribution in [3.63, 3.8) is 0 Å². The summed E-state index contributed by atoms with van der Waals surface area (Å²) in [5.41, 5.74) is 1.61. The van der Waals surface area contributed by atoms with Gasteiger partial charge in [-0.15, -0.1) is 11.3 Å². The minimum Gasteiger partial charge on any atom is -0.481 e. The van der Waals surface area contributed by atoms with Gasteiger partial charge in [0.25, 0.3) is 11.5 Å². The van der Waals surface area contributed by atoms with Crippen LogP contribution in [0.25, 0.3) is 10.6 Å². The minimum absolute atomic E-state index is 0.200. The van der Waals surface area contributed by atoms with Gasteiger partial charge in [0.15, 0.2) is 6.10 Å². The predicted molar refractivity (Wildman–Crippen MR) is 106 cm³/mol. The summed E-state index contributed by atoms with van der Waals surface area (Å²) < 4.78 is 7.02. The van der Waals surface area contributed by atoms with Gasteiger partial charge in [-0.1, -0.05) is 18.2 Å². The Labute approximate surface area is 161 Å². The van der Waals surface area contributed by atoms with E-state index in [0.717, 1.165) is 16.1 Å². The van der Waals surface area contributed by atoms with Gasteiger partial charge in [-0.25, -0.2) is 4.68 Å². The van der Waals surface area contributed by atoms with Crippen LogP contribution >= 0.6 is 11.3 Å². The van der Waals surface area contributed by atoms with Crippen LogP contribution in [0.15, 0.2) is 58.7 Å². The van der Waals surface area contributed by atoms with Gasteiger partial charge in [0.1, 0.15) is 11.4 Å². The van der Waals surface area contributed by atoms with Crippen molar-refractivity contribution < 1.29 is 9.53 Å². The van der Waals surface area contributed by atoms with Crippen molar-refractivity contribution in [2.45, 2.75) is 26.5 Å². The van der Waals surface area contributed by atoms with E-state index in [4.69, 9.17) is 4.74 Å². The van der Waals surface area contributed by atoms with Crippen LogP contribution in [0.1, 0.15) is 12.5 Å². The number of hydrogen-bond donors (Lipinski definition) is 1. The van der Waals surface area contributed by atoms with Crippen molar-refractivity contribution in [2.75, 3.05) is 6.54 Å². The molecule has 0 aliphatic heterocycles. The summed E-state index contributed by atoms with van der Waals surface area (Å²) in [7, 11) is 0. The van der Waals surface area contributed by atoms with E-state index in [9.17, 15) is 9.59 Å². The molecule has 2 aromatic heterocycles. The molecule has 3 rings (SSSR count). The topological polar surface area (TPSA) is 73.2 Å². The molecule has 3 aromatic rings. The fourth-order valence-electron chi connectivity index (χ4n) is 2.54. The van der Waals surface area contributed by atoms with Crippen LogP contribution in [0.4, 0.5) is 0 Å².